The molecule has 176 valence electrons. The molecular weight excluding hydrogens is 440 g/mol. The van der Waals surface area contributed by atoms with E-state index in [2.05, 4.69) is 10.0 Å². The maximum absolute atomic E-state index is 13.0. The molecule has 0 aliphatic carbocycles. The summed E-state index contributed by atoms with van der Waals surface area (Å²) in [7, 11) is -3.84. The number of carbonyl (C=O) groups is 1. The van der Waals surface area contributed by atoms with Crippen LogP contribution in [0.15, 0.2) is 76.2 Å². The van der Waals surface area contributed by atoms with Crippen molar-refractivity contribution < 1.29 is 22.4 Å². The van der Waals surface area contributed by atoms with Gasteiger partial charge in [-0.3, -0.25) is 4.79 Å². The zero-order valence-electron chi connectivity index (χ0n) is 19.1. The molecular formula is C25H30N2O5S. The van der Waals surface area contributed by atoms with Crippen molar-refractivity contribution >= 4 is 21.6 Å². The minimum absolute atomic E-state index is 0.114. The molecule has 0 saturated heterocycles. The minimum atomic E-state index is -3.84. The predicted molar refractivity (Wildman–Crippen MR) is 127 cm³/mol. The van der Waals surface area contributed by atoms with E-state index in [4.69, 9.17) is 9.15 Å². The first kappa shape index (κ1) is 24.7. The second-order valence-electron chi connectivity index (χ2n) is 8.38. The molecule has 0 spiro atoms. The van der Waals surface area contributed by atoms with Crippen LogP contribution in [0.4, 0.5) is 5.69 Å². The Bertz CT molecular complexity index is 1140. The number of aryl methyl sites for hydroxylation is 1. The summed E-state index contributed by atoms with van der Waals surface area (Å²) >= 11 is 0. The zero-order chi connectivity index (χ0) is 23.8. The molecule has 1 unspecified atom stereocenters. The van der Waals surface area contributed by atoms with E-state index >= 15 is 0 Å². The van der Waals surface area contributed by atoms with Gasteiger partial charge in [0.15, 0.2) is 0 Å². The lowest BCUT2D eigenvalue weighted by atomic mass is 10.0. The van der Waals surface area contributed by atoms with Gasteiger partial charge < -0.3 is 14.5 Å². The number of amides is 1. The van der Waals surface area contributed by atoms with Gasteiger partial charge in [-0.2, -0.15) is 4.72 Å². The molecule has 1 aromatic heterocycles. The van der Waals surface area contributed by atoms with Gasteiger partial charge in [0.2, 0.25) is 15.9 Å². The van der Waals surface area contributed by atoms with Crippen molar-refractivity contribution in [2.24, 2.45) is 5.92 Å². The Hall–Kier alpha value is -2.94. The van der Waals surface area contributed by atoms with Crippen molar-refractivity contribution in [2.45, 2.75) is 51.3 Å². The van der Waals surface area contributed by atoms with Crippen LogP contribution in [0.2, 0.25) is 0 Å². The second-order valence-corrected chi connectivity index (χ2v) is 10.1. The fourth-order valence-corrected chi connectivity index (χ4v) is 4.49. The third-order valence-electron chi connectivity index (χ3n) is 4.94. The van der Waals surface area contributed by atoms with E-state index < -0.39 is 22.0 Å². The van der Waals surface area contributed by atoms with Gasteiger partial charge in [-0.25, -0.2) is 8.42 Å². The number of sulfonamides is 1. The maximum Gasteiger partial charge on any atom is 0.242 e. The highest BCUT2D eigenvalue weighted by Gasteiger charge is 2.26. The van der Waals surface area contributed by atoms with Crippen LogP contribution in [0.3, 0.4) is 0 Å². The Kier molecular flexibility index (Phi) is 8.43. The third kappa shape index (κ3) is 7.56. The van der Waals surface area contributed by atoms with Gasteiger partial charge in [0.25, 0.3) is 0 Å². The standard InChI is InChI=1S/C25H30N2O5S/c1-18(2)14-24(27-33(29,30)23-11-9-19(3)10-12-23)25(28)26-21-7-4-6-20(15-21)16-31-17-22-8-5-13-32-22/h4-13,15,18,24,27H,14,16-17H2,1-3H3,(H,26,28). The van der Waals surface area contributed by atoms with Gasteiger partial charge in [0.05, 0.1) is 17.8 Å². The lowest BCUT2D eigenvalue weighted by Crippen LogP contribution is -2.44. The van der Waals surface area contributed by atoms with Crippen LogP contribution in [0.5, 0.6) is 0 Å². The monoisotopic (exact) mass is 470 g/mol. The first-order chi connectivity index (χ1) is 15.7. The van der Waals surface area contributed by atoms with Gasteiger partial charge in [-0.15, -0.1) is 0 Å². The highest BCUT2D eigenvalue weighted by Crippen LogP contribution is 2.17. The smallest absolute Gasteiger partial charge is 0.242 e. The lowest BCUT2D eigenvalue weighted by Gasteiger charge is -2.20. The Morgan fingerprint density at radius 3 is 2.45 bits per heavy atom. The summed E-state index contributed by atoms with van der Waals surface area (Å²) in [5.74, 6) is 0.438. The molecule has 7 nitrogen and oxygen atoms in total. The summed E-state index contributed by atoms with van der Waals surface area (Å²) in [6.07, 6.45) is 1.96. The Labute approximate surface area is 195 Å². The number of ether oxygens (including phenoxy) is 1. The lowest BCUT2D eigenvalue weighted by molar-refractivity contribution is -0.118. The number of furan rings is 1. The largest absolute Gasteiger partial charge is 0.467 e. The van der Waals surface area contributed by atoms with Gasteiger partial charge in [-0.05, 0) is 61.2 Å². The van der Waals surface area contributed by atoms with E-state index in [0.29, 0.717) is 25.3 Å². The molecule has 3 aromatic rings. The van der Waals surface area contributed by atoms with E-state index in [1.54, 1.807) is 36.6 Å². The zero-order valence-corrected chi connectivity index (χ0v) is 19.9. The quantitative estimate of drug-likeness (QED) is 0.426. The Morgan fingerprint density at radius 2 is 1.79 bits per heavy atom. The van der Waals surface area contributed by atoms with Crippen LogP contribution in [0, 0.1) is 12.8 Å². The average molecular weight is 471 g/mol. The van der Waals surface area contributed by atoms with Crippen LogP contribution in [0.1, 0.15) is 37.2 Å². The highest BCUT2D eigenvalue weighted by molar-refractivity contribution is 7.89. The summed E-state index contributed by atoms with van der Waals surface area (Å²) in [5.41, 5.74) is 2.40. The molecule has 1 amide bonds. The molecule has 2 aromatic carbocycles. The average Bonchev–Trinajstić information content (AvgIpc) is 3.27. The van der Waals surface area contributed by atoms with Gasteiger partial charge in [-0.1, -0.05) is 43.7 Å². The first-order valence-corrected chi connectivity index (χ1v) is 12.3. The van der Waals surface area contributed by atoms with Crippen molar-refractivity contribution in [1.82, 2.24) is 4.72 Å². The van der Waals surface area contributed by atoms with Gasteiger partial charge >= 0.3 is 0 Å². The van der Waals surface area contributed by atoms with Crippen molar-refractivity contribution in [3.05, 3.63) is 83.8 Å². The Morgan fingerprint density at radius 1 is 1.03 bits per heavy atom. The maximum atomic E-state index is 13.0. The summed E-state index contributed by atoms with van der Waals surface area (Å²) in [4.78, 5) is 13.1. The predicted octanol–water partition coefficient (Wildman–Crippen LogP) is 4.64. The van der Waals surface area contributed by atoms with Crippen molar-refractivity contribution in [3.63, 3.8) is 0 Å². The molecule has 0 radical (unpaired) electrons. The highest BCUT2D eigenvalue weighted by atomic mass is 32.2. The normalized spacial score (nSPS) is 12.6. The molecule has 1 heterocycles. The molecule has 0 aliphatic heterocycles. The molecule has 2 N–H and O–H groups in total. The van der Waals surface area contributed by atoms with Crippen LogP contribution in [0.25, 0.3) is 0 Å². The van der Waals surface area contributed by atoms with E-state index in [9.17, 15) is 13.2 Å². The van der Waals surface area contributed by atoms with Gasteiger partial charge in [0, 0.05) is 5.69 Å². The molecule has 0 bridgehead atoms. The van der Waals surface area contributed by atoms with Crippen LogP contribution in [-0.2, 0) is 32.8 Å². The molecule has 1 atom stereocenters. The number of anilines is 1. The molecule has 0 fully saturated rings. The summed E-state index contributed by atoms with van der Waals surface area (Å²) < 4.78 is 39.2. The summed E-state index contributed by atoms with van der Waals surface area (Å²) in [5, 5.41) is 2.83. The summed E-state index contributed by atoms with van der Waals surface area (Å²) in [6.45, 7) is 6.46. The first-order valence-electron chi connectivity index (χ1n) is 10.8. The van der Waals surface area contributed by atoms with Gasteiger partial charge in [0.1, 0.15) is 18.4 Å². The topological polar surface area (TPSA) is 97.6 Å². The van der Waals surface area contributed by atoms with E-state index in [-0.39, 0.29) is 10.8 Å². The molecule has 3 rings (SSSR count). The van der Waals surface area contributed by atoms with E-state index in [0.717, 1.165) is 16.9 Å². The number of rotatable bonds is 11. The van der Waals surface area contributed by atoms with Crippen molar-refractivity contribution in [1.29, 1.82) is 0 Å². The molecule has 0 aliphatic rings. The fraction of sp³-hybridized carbons (Fsp3) is 0.320. The Balaban J connectivity index is 1.66. The number of hydrogen-bond acceptors (Lipinski definition) is 5. The molecule has 8 heteroatoms. The van der Waals surface area contributed by atoms with Crippen LogP contribution >= 0.6 is 0 Å². The van der Waals surface area contributed by atoms with E-state index in [1.807, 2.05) is 39.0 Å². The SMILES string of the molecule is Cc1ccc(S(=O)(=O)NC(CC(C)C)C(=O)Nc2cccc(COCc3ccco3)c2)cc1. The number of nitrogens with one attached hydrogen (secondary N) is 2. The minimum Gasteiger partial charge on any atom is -0.467 e. The number of hydrogen-bond donors (Lipinski definition) is 2. The number of carbonyl (C=O) groups excluding carboxylic acids is 1. The number of benzene rings is 2. The van der Waals surface area contributed by atoms with E-state index in [1.165, 1.54) is 12.1 Å². The second kappa shape index (κ2) is 11.3. The molecule has 33 heavy (non-hydrogen) atoms. The molecule has 0 saturated carbocycles. The fourth-order valence-electron chi connectivity index (χ4n) is 3.29. The van der Waals surface area contributed by atoms with Crippen molar-refractivity contribution in [2.75, 3.05) is 5.32 Å². The third-order valence-corrected chi connectivity index (χ3v) is 6.43. The summed E-state index contributed by atoms with van der Waals surface area (Å²) in [6, 6.07) is 16.5. The van der Waals surface area contributed by atoms with Crippen molar-refractivity contribution in [3.8, 4) is 0 Å². The van der Waals surface area contributed by atoms with Crippen LogP contribution < -0.4 is 10.0 Å². The van der Waals surface area contributed by atoms with Crippen LogP contribution in [-0.4, -0.2) is 20.4 Å².